The number of hydrogen-bond donors (Lipinski definition) is 1. The minimum Gasteiger partial charge on any atom is -0.492 e. The first-order valence-electron chi connectivity index (χ1n) is 10.1. The quantitative estimate of drug-likeness (QED) is 0.399. The Bertz CT molecular complexity index is 902. The van der Waals surface area contributed by atoms with Gasteiger partial charge in [-0.05, 0) is 53.4 Å². The minimum absolute atomic E-state index is 0.0345. The van der Waals surface area contributed by atoms with Crippen molar-refractivity contribution in [2.75, 3.05) is 26.9 Å². The first kappa shape index (κ1) is 20.8. The van der Waals surface area contributed by atoms with Crippen LogP contribution >= 0.6 is 0 Å². The Hall–Kier alpha value is -2.88. The summed E-state index contributed by atoms with van der Waals surface area (Å²) < 4.78 is 5.82. The summed E-state index contributed by atoms with van der Waals surface area (Å²) in [6.07, 6.45) is 0.944. The summed E-state index contributed by atoms with van der Waals surface area (Å²) in [6.45, 7) is 3.47. The third-order valence-electron chi connectivity index (χ3n) is 4.97. The summed E-state index contributed by atoms with van der Waals surface area (Å²) in [5, 5.41) is 9.07. The van der Waals surface area contributed by atoms with E-state index in [-0.39, 0.29) is 6.73 Å². The van der Waals surface area contributed by atoms with Gasteiger partial charge in [-0.25, -0.2) is 0 Å². The Kier molecular flexibility index (Phi) is 7.62. The molecule has 3 heteroatoms. The van der Waals surface area contributed by atoms with Crippen molar-refractivity contribution in [3.8, 4) is 5.75 Å². The van der Waals surface area contributed by atoms with Gasteiger partial charge in [-0.15, -0.1) is 0 Å². The standard InChI is InChI=1S/C26H29NO2/c1-3-25(21-10-6-4-7-11-21)26(22-12-8-5-9-13-22)23-14-16-24(17-15-23)29-19-18-27(2)20-28/h4-17,28H,3,18-20H2,1-2H3/b26-25-. The zero-order chi connectivity index (χ0) is 20.5. The number of aliphatic hydroxyl groups is 1. The van der Waals surface area contributed by atoms with Gasteiger partial charge in [0, 0.05) is 6.54 Å². The molecule has 0 saturated heterocycles. The maximum absolute atomic E-state index is 9.07. The second-order valence-corrected chi connectivity index (χ2v) is 7.03. The lowest BCUT2D eigenvalue weighted by Gasteiger charge is -2.17. The third-order valence-corrected chi connectivity index (χ3v) is 4.97. The van der Waals surface area contributed by atoms with Gasteiger partial charge in [0.05, 0.1) is 6.73 Å². The molecule has 0 bridgehead atoms. The Morgan fingerprint density at radius 3 is 1.90 bits per heavy atom. The lowest BCUT2D eigenvalue weighted by molar-refractivity contribution is 0.116. The van der Waals surface area contributed by atoms with Crippen molar-refractivity contribution in [1.82, 2.24) is 4.90 Å². The van der Waals surface area contributed by atoms with E-state index in [0.717, 1.165) is 12.2 Å². The second-order valence-electron chi connectivity index (χ2n) is 7.03. The van der Waals surface area contributed by atoms with Crippen molar-refractivity contribution >= 4 is 11.1 Å². The van der Waals surface area contributed by atoms with Gasteiger partial charge in [0.15, 0.2) is 0 Å². The number of nitrogens with zero attached hydrogens (tertiary/aromatic N) is 1. The molecule has 3 nitrogen and oxygen atoms in total. The van der Waals surface area contributed by atoms with Gasteiger partial charge in [-0.2, -0.15) is 0 Å². The Morgan fingerprint density at radius 2 is 1.34 bits per heavy atom. The first-order chi connectivity index (χ1) is 14.2. The molecular formula is C26H29NO2. The van der Waals surface area contributed by atoms with Gasteiger partial charge < -0.3 is 9.84 Å². The van der Waals surface area contributed by atoms with Crippen molar-refractivity contribution in [1.29, 1.82) is 0 Å². The molecule has 0 spiro atoms. The summed E-state index contributed by atoms with van der Waals surface area (Å²) in [4.78, 5) is 1.80. The molecule has 0 aliphatic rings. The van der Waals surface area contributed by atoms with E-state index >= 15 is 0 Å². The number of ether oxygens (including phenoxy) is 1. The number of rotatable bonds is 9. The number of aliphatic hydroxyl groups excluding tert-OH is 1. The minimum atomic E-state index is 0.0345. The van der Waals surface area contributed by atoms with Crippen molar-refractivity contribution in [3.63, 3.8) is 0 Å². The maximum atomic E-state index is 9.07. The molecule has 0 heterocycles. The molecule has 3 rings (SSSR count). The van der Waals surface area contributed by atoms with E-state index in [1.165, 1.54) is 27.8 Å². The van der Waals surface area contributed by atoms with Crippen molar-refractivity contribution < 1.29 is 9.84 Å². The molecule has 0 aliphatic heterocycles. The SMILES string of the molecule is CC/C(=C(\c1ccccc1)c1ccc(OCCN(C)CO)cc1)c1ccccc1. The Morgan fingerprint density at radius 1 is 0.793 bits per heavy atom. The predicted octanol–water partition coefficient (Wildman–Crippen LogP) is 5.32. The van der Waals surface area contributed by atoms with Gasteiger partial charge in [0.2, 0.25) is 0 Å². The Labute approximate surface area is 173 Å². The highest BCUT2D eigenvalue weighted by atomic mass is 16.5. The van der Waals surface area contributed by atoms with E-state index in [1.54, 1.807) is 4.90 Å². The van der Waals surface area contributed by atoms with Gasteiger partial charge in [0.1, 0.15) is 12.4 Å². The summed E-state index contributed by atoms with van der Waals surface area (Å²) in [7, 11) is 1.86. The van der Waals surface area contributed by atoms with Crippen LogP contribution in [0.3, 0.4) is 0 Å². The monoisotopic (exact) mass is 387 g/mol. The topological polar surface area (TPSA) is 32.7 Å². The largest absolute Gasteiger partial charge is 0.492 e. The Balaban J connectivity index is 1.94. The van der Waals surface area contributed by atoms with Gasteiger partial charge >= 0.3 is 0 Å². The van der Waals surface area contributed by atoms with E-state index in [0.29, 0.717) is 13.2 Å². The van der Waals surface area contributed by atoms with E-state index in [4.69, 9.17) is 9.84 Å². The molecule has 0 fully saturated rings. The molecule has 0 amide bonds. The highest BCUT2D eigenvalue weighted by Crippen LogP contribution is 2.34. The molecular weight excluding hydrogens is 358 g/mol. The fraction of sp³-hybridized carbons (Fsp3) is 0.231. The predicted molar refractivity (Wildman–Crippen MR) is 121 cm³/mol. The number of hydrogen-bond acceptors (Lipinski definition) is 3. The lowest BCUT2D eigenvalue weighted by atomic mass is 9.88. The van der Waals surface area contributed by atoms with Crippen molar-refractivity contribution in [2.24, 2.45) is 0 Å². The van der Waals surface area contributed by atoms with Crippen LogP contribution < -0.4 is 4.74 Å². The highest BCUT2D eigenvalue weighted by molar-refractivity contribution is 5.98. The van der Waals surface area contributed by atoms with Crippen LogP contribution in [0.25, 0.3) is 11.1 Å². The van der Waals surface area contributed by atoms with Crippen molar-refractivity contribution in [3.05, 3.63) is 102 Å². The fourth-order valence-corrected chi connectivity index (χ4v) is 3.39. The zero-order valence-corrected chi connectivity index (χ0v) is 17.2. The lowest BCUT2D eigenvalue weighted by Crippen LogP contribution is -2.24. The highest BCUT2D eigenvalue weighted by Gasteiger charge is 2.13. The van der Waals surface area contributed by atoms with E-state index in [2.05, 4.69) is 79.7 Å². The molecule has 0 unspecified atom stereocenters. The number of allylic oxidation sites excluding steroid dienone is 1. The first-order valence-corrected chi connectivity index (χ1v) is 10.1. The third kappa shape index (κ3) is 5.57. The molecule has 0 aromatic heterocycles. The molecule has 150 valence electrons. The van der Waals surface area contributed by atoms with E-state index in [9.17, 15) is 0 Å². The van der Waals surface area contributed by atoms with Gasteiger partial charge in [0.25, 0.3) is 0 Å². The summed E-state index contributed by atoms with van der Waals surface area (Å²) in [5.74, 6) is 0.838. The number of benzene rings is 3. The van der Waals surface area contributed by atoms with E-state index in [1.807, 2.05) is 19.2 Å². The van der Waals surface area contributed by atoms with Gasteiger partial charge in [-0.1, -0.05) is 79.7 Å². The van der Waals surface area contributed by atoms with Crippen LogP contribution in [-0.2, 0) is 0 Å². The average molecular weight is 388 g/mol. The molecule has 29 heavy (non-hydrogen) atoms. The van der Waals surface area contributed by atoms with Crippen LogP contribution in [0.4, 0.5) is 0 Å². The smallest absolute Gasteiger partial charge is 0.119 e. The van der Waals surface area contributed by atoms with Crippen LogP contribution in [0, 0.1) is 0 Å². The average Bonchev–Trinajstić information content (AvgIpc) is 2.79. The normalized spacial score (nSPS) is 12.0. The van der Waals surface area contributed by atoms with Crippen molar-refractivity contribution in [2.45, 2.75) is 13.3 Å². The molecule has 3 aromatic carbocycles. The van der Waals surface area contributed by atoms with Crippen LogP contribution in [-0.4, -0.2) is 36.9 Å². The molecule has 3 aromatic rings. The molecule has 0 aliphatic carbocycles. The summed E-state index contributed by atoms with van der Waals surface area (Å²) in [5.41, 5.74) is 6.23. The van der Waals surface area contributed by atoms with Crippen LogP contribution in [0.1, 0.15) is 30.0 Å². The summed E-state index contributed by atoms with van der Waals surface area (Å²) >= 11 is 0. The molecule has 0 atom stereocenters. The van der Waals surface area contributed by atoms with Crippen LogP contribution in [0.2, 0.25) is 0 Å². The maximum Gasteiger partial charge on any atom is 0.119 e. The van der Waals surface area contributed by atoms with Gasteiger partial charge in [-0.3, -0.25) is 4.90 Å². The summed E-state index contributed by atoms with van der Waals surface area (Å²) in [6, 6.07) is 29.5. The van der Waals surface area contributed by atoms with E-state index < -0.39 is 0 Å². The second kappa shape index (κ2) is 10.6. The number of likely N-dealkylation sites (N-methyl/N-ethyl adjacent to an activating group) is 1. The van der Waals surface area contributed by atoms with Crippen LogP contribution in [0.15, 0.2) is 84.9 Å². The zero-order valence-electron chi connectivity index (χ0n) is 17.2. The van der Waals surface area contributed by atoms with Crippen LogP contribution in [0.5, 0.6) is 5.75 Å². The molecule has 0 saturated carbocycles. The molecule has 0 radical (unpaired) electrons. The molecule has 1 N–H and O–H groups in total. The fourth-order valence-electron chi connectivity index (χ4n) is 3.39.